The van der Waals surface area contributed by atoms with Crippen LogP contribution in [0.15, 0.2) is 21.3 Å². The van der Waals surface area contributed by atoms with E-state index >= 15 is 0 Å². The van der Waals surface area contributed by atoms with Gasteiger partial charge in [0.25, 0.3) is 0 Å². The number of amides is 2. The Bertz CT molecular complexity index is 1040. The van der Waals surface area contributed by atoms with E-state index in [4.69, 9.17) is 14.3 Å². The number of aliphatic carboxylic acids is 1. The van der Waals surface area contributed by atoms with Crippen molar-refractivity contribution in [2.24, 2.45) is 5.92 Å². The fourth-order valence-electron chi connectivity index (χ4n) is 3.14. The van der Waals surface area contributed by atoms with Gasteiger partial charge in [0.05, 0.1) is 31.0 Å². The summed E-state index contributed by atoms with van der Waals surface area (Å²) < 4.78 is 10.7. The Morgan fingerprint density at radius 2 is 1.83 bits per heavy atom. The van der Waals surface area contributed by atoms with Gasteiger partial charge in [-0.2, -0.15) is 0 Å². The summed E-state index contributed by atoms with van der Waals surface area (Å²) in [6.45, 7) is 6.46. The molecule has 1 aromatic carbocycles. The maximum absolute atomic E-state index is 12.4. The first-order valence-electron chi connectivity index (χ1n) is 9.45. The average Bonchev–Trinajstić information content (AvgIpc) is 2.66. The van der Waals surface area contributed by atoms with Crippen molar-refractivity contribution in [3.63, 3.8) is 0 Å². The van der Waals surface area contributed by atoms with Crippen LogP contribution in [0.4, 0.5) is 0 Å². The molecule has 0 spiro atoms. The van der Waals surface area contributed by atoms with Crippen LogP contribution >= 0.6 is 0 Å². The number of carbonyl (C=O) groups is 3. The summed E-state index contributed by atoms with van der Waals surface area (Å²) in [5, 5.41) is 14.5. The Balaban J connectivity index is 2.15. The molecule has 9 nitrogen and oxygen atoms in total. The predicted molar refractivity (Wildman–Crippen MR) is 110 cm³/mol. The lowest BCUT2D eigenvalue weighted by molar-refractivity contribution is -0.143. The maximum atomic E-state index is 12.4. The summed E-state index contributed by atoms with van der Waals surface area (Å²) in [4.78, 5) is 47.8. The molecule has 9 heteroatoms. The number of carbonyl (C=O) groups excluding carboxylic acids is 2. The summed E-state index contributed by atoms with van der Waals surface area (Å²) >= 11 is 0. The van der Waals surface area contributed by atoms with E-state index in [0.29, 0.717) is 22.3 Å². The van der Waals surface area contributed by atoms with E-state index in [0.717, 1.165) is 5.56 Å². The minimum absolute atomic E-state index is 0.160. The van der Waals surface area contributed by atoms with Crippen molar-refractivity contribution in [2.75, 3.05) is 13.7 Å². The minimum Gasteiger partial charge on any atom is -0.496 e. The van der Waals surface area contributed by atoms with E-state index in [1.807, 2.05) is 6.92 Å². The van der Waals surface area contributed by atoms with Gasteiger partial charge in [0, 0.05) is 0 Å². The zero-order chi connectivity index (χ0) is 22.6. The lowest BCUT2D eigenvalue weighted by Gasteiger charge is -2.18. The lowest BCUT2D eigenvalue weighted by Crippen LogP contribution is -2.48. The highest BCUT2D eigenvalue weighted by atomic mass is 16.5. The first-order valence-corrected chi connectivity index (χ1v) is 9.45. The van der Waals surface area contributed by atoms with Gasteiger partial charge in [-0.05, 0) is 43.0 Å². The second kappa shape index (κ2) is 9.43. The number of benzene rings is 1. The molecule has 3 N–H and O–H groups in total. The standard InChI is InChI=1S/C21H26N2O7/c1-10(2)19(20(26)27)23-17(25)9-22-16(24)8-13-12(4)18-14(29-5)6-11(3)7-15(18)30-21(13)28/h6-7,10,19H,8-9H2,1-5H3,(H,22,24)(H,23,25)(H,26,27)/t19-/m0/s1. The number of rotatable bonds is 8. The van der Waals surface area contributed by atoms with E-state index in [1.165, 1.54) is 7.11 Å². The van der Waals surface area contributed by atoms with Crippen molar-refractivity contribution >= 4 is 28.8 Å². The van der Waals surface area contributed by atoms with Crippen LogP contribution in [0.2, 0.25) is 0 Å². The number of nitrogens with one attached hydrogen (secondary N) is 2. The van der Waals surface area contributed by atoms with E-state index < -0.39 is 36.0 Å². The fraction of sp³-hybridized carbons (Fsp3) is 0.429. The number of hydrogen-bond donors (Lipinski definition) is 3. The van der Waals surface area contributed by atoms with Crippen molar-refractivity contribution in [3.8, 4) is 5.75 Å². The van der Waals surface area contributed by atoms with Gasteiger partial charge in [-0.3, -0.25) is 9.59 Å². The molecule has 0 fully saturated rings. The van der Waals surface area contributed by atoms with Crippen LogP contribution in [0.3, 0.4) is 0 Å². The third kappa shape index (κ3) is 5.16. The lowest BCUT2D eigenvalue weighted by atomic mass is 10.0. The van der Waals surface area contributed by atoms with Gasteiger partial charge < -0.3 is 24.9 Å². The number of aryl methyl sites for hydroxylation is 2. The Labute approximate surface area is 173 Å². The summed E-state index contributed by atoms with van der Waals surface area (Å²) in [7, 11) is 1.51. The number of ether oxygens (including phenoxy) is 1. The van der Waals surface area contributed by atoms with Crippen LogP contribution in [0, 0.1) is 19.8 Å². The first kappa shape index (κ1) is 22.9. The molecule has 0 saturated carbocycles. The predicted octanol–water partition coefficient (Wildman–Crippen LogP) is 1.30. The monoisotopic (exact) mass is 418 g/mol. The topological polar surface area (TPSA) is 135 Å². The second-order valence-corrected chi connectivity index (χ2v) is 7.41. The average molecular weight is 418 g/mol. The first-order chi connectivity index (χ1) is 14.0. The van der Waals surface area contributed by atoms with Gasteiger partial charge in [0.15, 0.2) is 0 Å². The molecule has 2 amide bonds. The highest BCUT2D eigenvalue weighted by molar-refractivity contribution is 5.91. The fourth-order valence-corrected chi connectivity index (χ4v) is 3.14. The van der Waals surface area contributed by atoms with Crippen LogP contribution in [-0.2, 0) is 20.8 Å². The van der Waals surface area contributed by atoms with Crippen molar-refractivity contribution in [3.05, 3.63) is 39.2 Å². The number of carboxylic acid groups (broad SMARTS) is 1. The van der Waals surface area contributed by atoms with Gasteiger partial charge in [0.1, 0.15) is 17.4 Å². The Morgan fingerprint density at radius 3 is 2.40 bits per heavy atom. The van der Waals surface area contributed by atoms with Gasteiger partial charge in [-0.15, -0.1) is 0 Å². The molecule has 30 heavy (non-hydrogen) atoms. The van der Waals surface area contributed by atoms with E-state index in [-0.39, 0.29) is 17.9 Å². The number of hydrogen-bond acceptors (Lipinski definition) is 6. The minimum atomic E-state index is -1.15. The van der Waals surface area contributed by atoms with Gasteiger partial charge in [-0.25, -0.2) is 9.59 Å². The molecule has 1 aromatic heterocycles. The molecule has 0 saturated heterocycles. The molecule has 1 heterocycles. The zero-order valence-corrected chi connectivity index (χ0v) is 17.6. The van der Waals surface area contributed by atoms with Crippen molar-refractivity contribution in [2.45, 2.75) is 40.2 Å². The smallest absolute Gasteiger partial charge is 0.340 e. The summed E-state index contributed by atoms with van der Waals surface area (Å²) in [5.41, 5.74) is 1.31. The molecule has 0 aliphatic heterocycles. The van der Waals surface area contributed by atoms with Crippen LogP contribution in [0.25, 0.3) is 11.0 Å². The Morgan fingerprint density at radius 1 is 1.17 bits per heavy atom. The Kier molecular flexibility index (Phi) is 7.20. The zero-order valence-electron chi connectivity index (χ0n) is 17.6. The molecule has 0 unspecified atom stereocenters. The quantitative estimate of drug-likeness (QED) is 0.550. The molecule has 0 bridgehead atoms. The van der Waals surface area contributed by atoms with E-state index in [1.54, 1.807) is 32.9 Å². The summed E-state index contributed by atoms with van der Waals surface area (Å²) in [5.74, 6) is -2.14. The van der Waals surface area contributed by atoms with E-state index in [2.05, 4.69) is 10.6 Å². The maximum Gasteiger partial charge on any atom is 0.340 e. The highest BCUT2D eigenvalue weighted by Crippen LogP contribution is 2.30. The normalized spacial score (nSPS) is 11.9. The van der Waals surface area contributed by atoms with Crippen LogP contribution in [0.1, 0.15) is 30.5 Å². The van der Waals surface area contributed by atoms with Crippen LogP contribution < -0.4 is 21.0 Å². The number of fused-ring (bicyclic) bond motifs is 1. The number of methoxy groups -OCH3 is 1. The van der Waals surface area contributed by atoms with Crippen LogP contribution in [-0.4, -0.2) is 42.6 Å². The molecule has 0 radical (unpaired) electrons. The molecule has 1 atom stereocenters. The number of carboxylic acids is 1. The van der Waals surface area contributed by atoms with Gasteiger partial charge >= 0.3 is 11.6 Å². The van der Waals surface area contributed by atoms with Crippen molar-refractivity contribution in [1.29, 1.82) is 0 Å². The largest absolute Gasteiger partial charge is 0.496 e. The SMILES string of the molecule is COc1cc(C)cc2oc(=O)c(CC(=O)NCC(=O)N[C@H](C(=O)O)C(C)C)c(C)c12. The third-order valence-electron chi connectivity index (χ3n) is 4.74. The molecule has 0 aliphatic carbocycles. The molecular weight excluding hydrogens is 392 g/mol. The molecule has 0 aliphatic rings. The van der Waals surface area contributed by atoms with Crippen molar-refractivity contribution < 1.29 is 28.6 Å². The highest BCUT2D eigenvalue weighted by Gasteiger charge is 2.24. The molecule has 2 rings (SSSR count). The summed E-state index contributed by atoms with van der Waals surface area (Å²) in [6.07, 6.45) is -0.291. The summed E-state index contributed by atoms with van der Waals surface area (Å²) in [6, 6.07) is 2.46. The molecular formula is C21H26N2O7. The molecule has 2 aromatic rings. The Hall–Kier alpha value is -3.36. The van der Waals surface area contributed by atoms with Gasteiger partial charge in [0.2, 0.25) is 11.8 Å². The van der Waals surface area contributed by atoms with Gasteiger partial charge in [-0.1, -0.05) is 13.8 Å². The van der Waals surface area contributed by atoms with Crippen molar-refractivity contribution in [1.82, 2.24) is 10.6 Å². The van der Waals surface area contributed by atoms with E-state index in [9.17, 15) is 19.2 Å². The second-order valence-electron chi connectivity index (χ2n) is 7.41. The molecule has 162 valence electrons. The third-order valence-corrected chi connectivity index (χ3v) is 4.74. The van der Waals surface area contributed by atoms with Crippen LogP contribution in [0.5, 0.6) is 5.75 Å².